The minimum atomic E-state index is -0.181. The summed E-state index contributed by atoms with van der Waals surface area (Å²) in [6.07, 6.45) is 0.458. The third kappa shape index (κ3) is 2.50. The first-order valence-corrected chi connectivity index (χ1v) is 5.93. The number of ether oxygens (including phenoxy) is 1. The molecule has 1 saturated heterocycles. The standard InChI is InChI=1S/C14H19NO2/c1-11-6-4-5-7-12(11)8-13(16)15-10-17-9-14(15,2)3/h4-7H,8-10H2,1-3H3. The lowest BCUT2D eigenvalue weighted by Gasteiger charge is -2.29. The van der Waals surface area contributed by atoms with Gasteiger partial charge in [0.2, 0.25) is 5.91 Å². The summed E-state index contributed by atoms with van der Waals surface area (Å²) in [6, 6.07) is 8.01. The van der Waals surface area contributed by atoms with Gasteiger partial charge in [-0.3, -0.25) is 4.79 Å². The van der Waals surface area contributed by atoms with Crippen molar-refractivity contribution in [2.24, 2.45) is 0 Å². The molecule has 0 atom stereocenters. The summed E-state index contributed by atoms with van der Waals surface area (Å²) in [4.78, 5) is 14.0. The first-order valence-electron chi connectivity index (χ1n) is 5.93. The molecule has 0 saturated carbocycles. The zero-order valence-corrected chi connectivity index (χ0v) is 10.7. The van der Waals surface area contributed by atoms with Gasteiger partial charge < -0.3 is 9.64 Å². The second-order valence-electron chi connectivity index (χ2n) is 5.22. The summed E-state index contributed by atoms with van der Waals surface area (Å²) < 4.78 is 5.37. The Balaban J connectivity index is 2.10. The minimum Gasteiger partial charge on any atom is -0.359 e. The molecule has 1 amide bonds. The summed E-state index contributed by atoms with van der Waals surface area (Å²) in [5.41, 5.74) is 2.08. The Hall–Kier alpha value is -1.35. The van der Waals surface area contributed by atoms with Gasteiger partial charge in [0.1, 0.15) is 6.73 Å². The van der Waals surface area contributed by atoms with Gasteiger partial charge in [-0.1, -0.05) is 24.3 Å². The molecular formula is C14H19NO2. The number of aryl methyl sites for hydroxylation is 1. The Kier molecular flexibility index (Phi) is 3.20. The van der Waals surface area contributed by atoms with Gasteiger partial charge in [-0.05, 0) is 31.9 Å². The van der Waals surface area contributed by atoms with Crippen LogP contribution in [0, 0.1) is 6.92 Å². The molecule has 3 nitrogen and oxygen atoms in total. The van der Waals surface area contributed by atoms with Crippen molar-refractivity contribution in [3.63, 3.8) is 0 Å². The monoisotopic (exact) mass is 233 g/mol. The third-order valence-corrected chi connectivity index (χ3v) is 3.31. The van der Waals surface area contributed by atoms with Crippen LogP contribution in [0.3, 0.4) is 0 Å². The normalized spacial score (nSPS) is 18.4. The number of hydrogen-bond donors (Lipinski definition) is 0. The van der Waals surface area contributed by atoms with Crippen LogP contribution in [0.15, 0.2) is 24.3 Å². The third-order valence-electron chi connectivity index (χ3n) is 3.31. The minimum absolute atomic E-state index is 0.141. The summed E-state index contributed by atoms with van der Waals surface area (Å²) in [5, 5.41) is 0. The average molecular weight is 233 g/mol. The van der Waals surface area contributed by atoms with Crippen molar-refractivity contribution >= 4 is 5.91 Å². The smallest absolute Gasteiger partial charge is 0.229 e. The Morgan fingerprint density at radius 1 is 1.41 bits per heavy atom. The quantitative estimate of drug-likeness (QED) is 0.783. The van der Waals surface area contributed by atoms with Crippen LogP contribution in [-0.2, 0) is 16.0 Å². The molecular weight excluding hydrogens is 214 g/mol. The number of carbonyl (C=O) groups excluding carboxylic acids is 1. The zero-order valence-electron chi connectivity index (χ0n) is 10.7. The predicted molar refractivity (Wildman–Crippen MR) is 66.6 cm³/mol. The highest BCUT2D eigenvalue weighted by molar-refractivity contribution is 5.80. The number of benzene rings is 1. The van der Waals surface area contributed by atoms with Crippen molar-refractivity contribution in [1.82, 2.24) is 4.90 Å². The highest BCUT2D eigenvalue weighted by atomic mass is 16.5. The fourth-order valence-electron chi connectivity index (χ4n) is 2.12. The van der Waals surface area contributed by atoms with Gasteiger partial charge in [-0.25, -0.2) is 0 Å². The van der Waals surface area contributed by atoms with E-state index in [1.54, 1.807) is 0 Å². The number of hydrogen-bond acceptors (Lipinski definition) is 2. The van der Waals surface area contributed by atoms with E-state index in [9.17, 15) is 4.79 Å². The average Bonchev–Trinajstić information content (AvgIpc) is 2.61. The second kappa shape index (κ2) is 4.49. The number of carbonyl (C=O) groups is 1. The topological polar surface area (TPSA) is 29.5 Å². The maximum Gasteiger partial charge on any atom is 0.229 e. The molecule has 0 radical (unpaired) electrons. The Bertz CT molecular complexity index is 426. The summed E-state index contributed by atoms with van der Waals surface area (Å²) in [7, 11) is 0. The fourth-order valence-corrected chi connectivity index (χ4v) is 2.12. The van der Waals surface area contributed by atoms with E-state index in [2.05, 4.69) is 0 Å². The van der Waals surface area contributed by atoms with Crippen molar-refractivity contribution in [1.29, 1.82) is 0 Å². The van der Waals surface area contributed by atoms with Crippen LogP contribution in [0.5, 0.6) is 0 Å². The van der Waals surface area contributed by atoms with Gasteiger partial charge in [-0.15, -0.1) is 0 Å². The SMILES string of the molecule is Cc1ccccc1CC(=O)N1COCC1(C)C. The maximum atomic E-state index is 12.2. The number of nitrogens with zero attached hydrogens (tertiary/aromatic N) is 1. The number of rotatable bonds is 2. The van der Waals surface area contributed by atoms with Crippen LogP contribution in [-0.4, -0.2) is 29.7 Å². The van der Waals surface area contributed by atoms with Crippen molar-refractivity contribution in [2.75, 3.05) is 13.3 Å². The van der Waals surface area contributed by atoms with Crippen molar-refractivity contribution in [2.45, 2.75) is 32.7 Å². The van der Waals surface area contributed by atoms with E-state index >= 15 is 0 Å². The van der Waals surface area contributed by atoms with Crippen LogP contribution >= 0.6 is 0 Å². The molecule has 0 bridgehead atoms. The molecule has 0 aromatic heterocycles. The van der Waals surface area contributed by atoms with Crippen LogP contribution in [0.25, 0.3) is 0 Å². The molecule has 0 N–H and O–H groups in total. The molecule has 0 aliphatic carbocycles. The van der Waals surface area contributed by atoms with Crippen LogP contribution < -0.4 is 0 Å². The first kappa shape index (κ1) is 12.1. The molecule has 1 aromatic carbocycles. The van der Waals surface area contributed by atoms with E-state index in [0.717, 1.165) is 5.56 Å². The van der Waals surface area contributed by atoms with Gasteiger partial charge in [-0.2, -0.15) is 0 Å². The van der Waals surface area contributed by atoms with E-state index in [0.29, 0.717) is 19.8 Å². The summed E-state index contributed by atoms with van der Waals surface area (Å²) in [6.45, 7) is 7.14. The molecule has 92 valence electrons. The molecule has 0 unspecified atom stereocenters. The first-order chi connectivity index (χ1) is 8.00. The zero-order chi connectivity index (χ0) is 12.5. The summed E-state index contributed by atoms with van der Waals surface area (Å²) >= 11 is 0. The fraction of sp³-hybridized carbons (Fsp3) is 0.500. The van der Waals surface area contributed by atoms with Crippen molar-refractivity contribution in [3.05, 3.63) is 35.4 Å². The molecule has 0 spiro atoms. The lowest BCUT2D eigenvalue weighted by Crippen LogP contribution is -2.45. The molecule has 3 heteroatoms. The van der Waals surface area contributed by atoms with Gasteiger partial charge in [0.25, 0.3) is 0 Å². The van der Waals surface area contributed by atoms with Crippen LogP contribution in [0.2, 0.25) is 0 Å². The predicted octanol–water partition coefficient (Wildman–Crippen LogP) is 2.13. The maximum absolute atomic E-state index is 12.2. The highest BCUT2D eigenvalue weighted by Crippen LogP contribution is 2.22. The van der Waals surface area contributed by atoms with Crippen molar-refractivity contribution < 1.29 is 9.53 Å². The van der Waals surface area contributed by atoms with Gasteiger partial charge in [0, 0.05) is 0 Å². The Morgan fingerprint density at radius 2 is 2.12 bits per heavy atom. The molecule has 2 rings (SSSR count). The van der Waals surface area contributed by atoms with Crippen LogP contribution in [0.1, 0.15) is 25.0 Å². The molecule has 1 heterocycles. The second-order valence-corrected chi connectivity index (χ2v) is 5.22. The highest BCUT2D eigenvalue weighted by Gasteiger charge is 2.36. The van der Waals surface area contributed by atoms with Gasteiger partial charge in [0.05, 0.1) is 18.6 Å². The molecule has 1 aliphatic rings. The molecule has 1 fully saturated rings. The summed E-state index contributed by atoms with van der Waals surface area (Å²) in [5.74, 6) is 0.141. The van der Waals surface area contributed by atoms with Crippen molar-refractivity contribution in [3.8, 4) is 0 Å². The van der Waals surface area contributed by atoms with Gasteiger partial charge >= 0.3 is 0 Å². The Labute approximate surface area is 102 Å². The van der Waals surface area contributed by atoms with E-state index in [-0.39, 0.29) is 11.4 Å². The molecule has 1 aliphatic heterocycles. The van der Waals surface area contributed by atoms with E-state index in [1.807, 2.05) is 49.9 Å². The lowest BCUT2D eigenvalue weighted by atomic mass is 10.0. The van der Waals surface area contributed by atoms with E-state index in [1.165, 1.54) is 5.56 Å². The Morgan fingerprint density at radius 3 is 2.71 bits per heavy atom. The van der Waals surface area contributed by atoms with Crippen LogP contribution in [0.4, 0.5) is 0 Å². The van der Waals surface area contributed by atoms with E-state index in [4.69, 9.17) is 4.74 Å². The lowest BCUT2D eigenvalue weighted by molar-refractivity contribution is -0.134. The molecule has 1 aromatic rings. The molecule has 17 heavy (non-hydrogen) atoms. The number of amides is 1. The van der Waals surface area contributed by atoms with E-state index < -0.39 is 0 Å². The van der Waals surface area contributed by atoms with Gasteiger partial charge in [0.15, 0.2) is 0 Å². The largest absolute Gasteiger partial charge is 0.359 e.